The molecule has 6 heteroatoms. The number of carbonyl (C=O) groups excluding carboxylic acids is 2. The average molecular weight is 496 g/mol. The van der Waals surface area contributed by atoms with Crippen molar-refractivity contribution in [2.45, 2.75) is 38.3 Å². The number of ether oxygens (including phenoxy) is 1. The minimum atomic E-state index is -0.228. The summed E-state index contributed by atoms with van der Waals surface area (Å²) in [5.74, 6) is 0.614. The minimum absolute atomic E-state index is 0.0707. The topological polar surface area (TPSA) is 53.1 Å². The Labute approximate surface area is 218 Å². The Balaban J connectivity index is 1.12. The monoisotopic (exact) mass is 495 g/mol. The summed E-state index contributed by atoms with van der Waals surface area (Å²) in [6.45, 7) is 6.06. The molecule has 0 radical (unpaired) electrons. The smallest absolute Gasteiger partial charge is 0.410 e. The highest BCUT2D eigenvalue weighted by Gasteiger charge is 2.41. The van der Waals surface area contributed by atoms with Crippen LogP contribution in [0.1, 0.15) is 57.4 Å². The number of anilines is 1. The molecule has 3 aliphatic rings. The lowest BCUT2D eigenvalue weighted by molar-refractivity contribution is 0.0694. The lowest BCUT2D eigenvalue weighted by atomic mass is 9.96. The van der Waals surface area contributed by atoms with Crippen LogP contribution in [0.3, 0.4) is 0 Å². The van der Waals surface area contributed by atoms with E-state index in [9.17, 15) is 9.59 Å². The van der Waals surface area contributed by atoms with Crippen LogP contribution in [0.25, 0.3) is 0 Å². The maximum Gasteiger partial charge on any atom is 0.410 e. The van der Waals surface area contributed by atoms with E-state index in [4.69, 9.17) is 4.74 Å². The summed E-state index contributed by atoms with van der Waals surface area (Å²) in [4.78, 5) is 32.2. The third kappa shape index (κ3) is 4.68. The van der Waals surface area contributed by atoms with Gasteiger partial charge >= 0.3 is 6.09 Å². The van der Waals surface area contributed by atoms with Crippen molar-refractivity contribution in [3.63, 3.8) is 0 Å². The number of piperazine rings is 1. The SMILES string of the molecule is Cc1ccc(C(=O)N2CCN(c3ccc4c(c3)[C@H]3CC4CCN3C(=O)OCc3ccccc3)CC2)cc1. The number of hydrogen-bond acceptors (Lipinski definition) is 4. The van der Waals surface area contributed by atoms with Crippen molar-refractivity contribution in [1.29, 1.82) is 0 Å². The minimum Gasteiger partial charge on any atom is -0.445 e. The van der Waals surface area contributed by atoms with Crippen LogP contribution >= 0.6 is 0 Å². The molecule has 2 aliphatic heterocycles. The molecule has 3 aromatic carbocycles. The largest absolute Gasteiger partial charge is 0.445 e. The highest BCUT2D eigenvalue weighted by atomic mass is 16.6. The third-order valence-corrected chi connectivity index (χ3v) is 8.14. The van der Waals surface area contributed by atoms with Gasteiger partial charge in [0, 0.05) is 44.0 Å². The predicted molar refractivity (Wildman–Crippen MR) is 144 cm³/mol. The Morgan fingerprint density at radius 2 is 1.62 bits per heavy atom. The van der Waals surface area contributed by atoms with Crippen molar-refractivity contribution >= 4 is 17.7 Å². The summed E-state index contributed by atoms with van der Waals surface area (Å²) in [6, 6.07) is 24.5. The Morgan fingerprint density at radius 1 is 0.865 bits per heavy atom. The number of aryl methyl sites for hydroxylation is 1. The first-order valence-electron chi connectivity index (χ1n) is 13.3. The molecule has 37 heavy (non-hydrogen) atoms. The van der Waals surface area contributed by atoms with Gasteiger partial charge in [-0.1, -0.05) is 54.1 Å². The molecule has 6 rings (SSSR count). The van der Waals surface area contributed by atoms with Gasteiger partial charge in [-0.3, -0.25) is 4.79 Å². The van der Waals surface area contributed by atoms with Crippen molar-refractivity contribution < 1.29 is 14.3 Å². The highest BCUT2D eigenvalue weighted by molar-refractivity contribution is 5.94. The molecule has 2 atom stereocenters. The van der Waals surface area contributed by atoms with E-state index in [0.29, 0.717) is 25.6 Å². The molecule has 0 saturated carbocycles. The Kier molecular flexibility index (Phi) is 6.33. The second kappa shape index (κ2) is 9.92. The molecule has 2 bridgehead atoms. The Morgan fingerprint density at radius 3 is 2.38 bits per heavy atom. The average Bonchev–Trinajstić information content (AvgIpc) is 3.23. The highest BCUT2D eigenvalue weighted by Crippen LogP contribution is 2.50. The zero-order valence-corrected chi connectivity index (χ0v) is 21.3. The first kappa shape index (κ1) is 23.6. The van der Waals surface area contributed by atoms with Gasteiger partial charge in [0.05, 0.1) is 6.04 Å². The number of rotatable bonds is 4. The zero-order chi connectivity index (χ0) is 25.4. The quantitative estimate of drug-likeness (QED) is 0.478. The number of piperidine rings is 1. The Hall–Kier alpha value is -3.80. The molecule has 2 saturated heterocycles. The standard InChI is InChI=1S/C31H33N3O3/c1-22-7-9-24(10-8-22)30(35)33-17-15-32(16-18-33)26-11-12-27-25-13-14-34(29(19-25)28(27)20-26)31(36)37-21-23-5-3-2-4-6-23/h2-12,20,25,29H,13-19,21H2,1H3/t25?,29-/m1/s1. The molecule has 3 aromatic rings. The van der Waals surface area contributed by atoms with Gasteiger partial charge in [0.1, 0.15) is 6.61 Å². The maximum atomic E-state index is 13.0. The molecule has 0 aromatic heterocycles. The van der Waals surface area contributed by atoms with E-state index >= 15 is 0 Å². The van der Waals surface area contributed by atoms with Crippen LogP contribution in [-0.2, 0) is 11.3 Å². The van der Waals surface area contributed by atoms with Crippen LogP contribution in [0.15, 0.2) is 72.8 Å². The molecule has 1 aliphatic carbocycles. The molecule has 1 unspecified atom stereocenters. The van der Waals surface area contributed by atoms with Gasteiger partial charge in [-0.2, -0.15) is 0 Å². The summed E-state index contributed by atoms with van der Waals surface area (Å²) >= 11 is 0. The lowest BCUT2D eigenvalue weighted by Gasteiger charge is -2.36. The molecule has 190 valence electrons. The van der Waals surface area contributed by atoms with E-state index in [0.717, 1.165) is 49.2 Å². The van der Waals surface area contributed by atoms with Crippen LogP contribution < -0.4 is 4.90 Å². The van der Waals surface area contributed by atoms with Gasteiger partial charge in [0.15, 0.2) is 0 Å². The number of nitrogens with zero attached hydrogens (tertiary/aromatic N) is 3. The molecular formula is C31H33N3O3. The van der Waals surface area contributed by atoms with E-state index in [1.165, 1.54) is 16.8 Å². The molecular weight excluding hydrogens is 462 g/mol. The van der Waals surface area contributed by atoms with Crippen molar-refractivity contribution in [2.24, 2.45) is 0 Å². The number of carbonyl (C=O) groups is 2. The normalized spacial score (nSPS) is 20.5. The fraction of sp³-hybridized carbons (Fsp3) is 0.355. The molecule has 6 nitrogen and oxygen atoms in total. The maximum absolute atomic E-state index is 13.0. The van der Waals surface area contributed by atoms with Crippen molar-refractivity contribution in [3.05, 3.63) is 101 Å². The summed E-state index contributed by atoms with van der Waals surface area (Å²) < 4.78 is 5.70. The predicted octanol–water partition coefficient (Wildman–Crippen LogP) is 5.53. The van der Waals surface area contributed by atoms with Gasteiger partial charge in [0.25, 0.3) is 5.91 Å². The first-order chi connectivity index (χ1) is 18.1. The van der Waals surface area contributed by atoms with Gasteiger partial charge in [-0.15, -0.1) is 0 Å². The molecule has 0 N–H and O–H groups in total. The summed E-state index contributed by atoms with van der Waals surface area (Å²) in [6.07, 6.45) is 1.72. The van der Waals surface area contributed by atoms with E-state index < -0.39 is 0 Å². The van der Waals surface area contributed by atoms with Crippen LogP contribution in [0.5, 0.6) is 0 Å². The second-order valence-corrected chi connectivity index (χ2v) is 10.4. The number of hydrogen-bond donors (Lipinski definition) is 0. The van der Waals surface area contributed by atoms with Crippen LogP contribution in [0.4, 0.5) is 10.5 Å². The third-order valence-electron chi connectivity index (χ3n) is 8.14. The van der Waals surface area contributed by atoms with E-state index in [1.54, 1.807) is 0 Å². The van der Waals surface area contributed by atoms with E-state index in [1.807, 2.05) is 71.3 Å². The van der Waals surface area contributed by atoms with Gasteiger partial charge in [-0.25, -0.2) is 4.79 Å². The van der Waals surface area contributed by atoms with Crippen molar-refractivity contribution in [2.75, 3.05) is 37.6 Å². The molecule has 2 fully saturated rings. The van der Waals surface area contributed by atoms with E-state index in [-0.39, 0.29) is 18.0 Å². The van der Waals surface area contributed by atoms with E-state index in [2.05, 4.69) is 23.1 Å². The second-order valence-electron chi connectivity index (χ2n) is 10.4. The molecule has 0 spiro atoms. The van der Waals surface area contributed by atoms with Gasteiger partial charge in [-0.05, 0) is 66.6 Å². The first-order valence-corrected chi connectivity index (χ1v) is 13.3. The lowest BCUT2D eigenvalue weighted by Crippen LogP contribution is -2.48. The van der Waals surface area contributed by atoms with Crippen LogP contribution in [0.2, 0.25) is 0 Å². The van der Waals surface area contributed by atoms with Gasteiger partial charge < -0.3 is 19.4 Å². The number of amides is 2. The summed E-state index contributed by atoms with van der Waals surface area (Å²) in [5.41, 5.74) is 6.72. The van der Waals surface area contributed by atoms with Crippen LogP contribution in [-0.4, -0.2) is 54.5 Å². The Bertz CT molecular complexity index is 1280. The summed E-state index contributed by atoms with van der Waals surface area (Å²) in [5, 5.41) is 0. The number of likely N-dealkylation sites (tertiary alicyclic amines) is 1. The van der Waals surface area contributed by atoms with Crippen LogP contribution in [0, 0.1) is 6.92 Å². The fourth-order valence-electron chi connectivity index (χ4n) is 6.03. The van der Waals surface area contributed by atoms with Crippen molar-refractivity contribution in [1.82, 2.24) is 9.80 Å². The van der Waals surface area contributed by atoms with Gasteiger partial charge in [0.2, 0.25) is 0 Å². The number of benzene rings is 3. The molecule has 2 heterocycles. The zero-order valence-electron chi connectivity index (χ0n) is 21.3. The van der Waals surface area contributed by atoms with Crippen molar-refractivity contribution in [3.8, 4) is 0 Å². The molecule has 2 amide bonds. The fourth-order valence-corrected chi connectivity index (χ4v) is 6.03. The number of fused-ring (bicyclic) bond motifs is 5. The summed E-state index contributed by atoms with van der Waals surface area (Å²) in [7, 11) is 0.